The third-order valence-corrected chi connectivity index (χ3v) is 11.9. The number of hydrogen-bond acceptors (Lipinski definition) is 1. The van der Waals surface area contributed by atoms with E-state index < -0.39 is 0 Å². The van der Waals surface area contributed by atoms with Crippen LogP contribution in [0, 0.1) is 6.92 Å². The number of aromatic nitrogens is 2. The zero-order valence-electron chi connectivity index (χ0n) is 32.9. The van der Waals surface area contributed by atoms with Gasteiger partial charge >= 0.3 is 0 Å². The molecular formula is C53H45N2O+. The predicted molar refractivity (Wildman–Crippen MR) is 236 cm³/mol. The minimum atomic E-state index is 0.274. The van der Waals surface area contributed by atoms with Crippen molar-refractivity contribution in [3.63, 3.8) is 0 Å². The predicted octanol–water partition coefficient (Wildman–Crippen LogP) is 14.2. The molecule has 0 unspecified atom stereocenters. The number of imidazole rings is 1. The summed E-state index contributed by atoms with van der Waals surface area (Å²) in [7, 11) is 2.21. The molecule has 10 rings (SSSR count). The number of hydrogen-bond donors (Lipinski definition) is 0. The quantitative estimate of drug-likeness (QED) is 0.124. The number of furan rings is 1. The van der Waals surface area contributed by atoms with Gasteiger partial charge in [-0.3, -0.25) is 0 Å². The Morgan fingerprint density at radius 1 is 0.518 bits per heavy atom. The SMILES string of the molecule is Cc1ccc2c(oc3cc4c(ccc5ccccc54)cc32)c1-c1n(-c2c(C(C)C)cc(-c3ccc(-c4ccccc4)cc3)cc2C(C)C)c2ccccc2[n+]1C. The molecule has 0 saturated heterocycles. The topological polar surface area (TPSA) is 21.9 Å². The van der Waals surface area contributed by atoms with E-state index in [2.05, 4.69) is 202 Å². The molecule has 3 nitrogen and oxygen atoms in total. The molecule has 0 radical (unpaired) electrons. The Labute approximate surface area is 328 Å². The van der Waals surface area contributed by atoms with Crippen LogP contribution in [0.25, 0.3) is 93.8 Å². The Bertz CT molecular complexity index is 3110. The molecule has 0 bridgehead atoms. The fourth-order valence-electron chi connectivity index (χ4n) is 9.01. The van der Waals surface area contributed by atoms with Crippen molar-refractivity contribution < 1.29 is 8.98 Å². The van der Waals surface area contributed by atoms with Crippen LogP contribution in [-0.2, 0) is 7.05 Å². The third-order valence-electron chi connectivity index (χ3n) is 11.9. The molecule has 0 saturated carbocycles. The van der Waals surface area contributed by atoms with E-state index in [1.165, 1.54) is 77.2 Å². The normalized spacial score (nSPS) is 12.1. The molecule has 0 aliphatic rings. The van der Waals surface area contributed by atoms with Crippen molar-refractivity contribution in [1.29, 1.82) is 0 Å². The Kier molecular flexibility index (Phi) is 7.97. The maximum atomic E-state index is 7.06. The Balaban J connectivity index is 1.24. The summed E-state index contributed by atoms with van der Waals surface area (Å²) in [5, 5.41) is 7.19. The van der Waals surface area contributed by atoms with Crippen LogP contribution in [0.5, 0.6) is 0 Å². The molecule has 0 N–H and O–H groups in total. The minimum Gasteiger partial charge on any atom is -0.455 e. The molecule has 2 aromatic heterocycles. The second kappa shape index (κ2) is 13.1. The van der Waals surface area contributed by atoms with E-state index in [0.717, 1.165) is 33.3 Å². The van der Waals surface area contributed by atoms with Gasteiger partial charge in [0.05, 0.1) is 7.05 Å². The number of aryl methyl sites for hydroxylation is 2. The van der Waals surface area contributed by atoms with Crippen molar-refractivity contribution in [3.05, 3.63) is 168 Å². The van der Waals surface area contributed by atoms with Gasteiger partial charge in [-0.25, -0.2) is 4.57 Å². The van der Waals surface area contributed by atoms with Crippen LogP contribution in [-0.4, -0.2) is 4.57 Å². The molecular weight excluding hydrogens is 681 g/mol. The van der Waals surface area contributed by atoms with E-state index in [9.17, 15) is 0 Å². The van der Waals surface area contributed by atoms with Gasteiger partial charge in [0.1, 0.15) is 16.8 Å². The highest BCUT2D eigenvalue weighted by molar-refractivity contribution is 6.17. The fraction of sp³-hybridized carbons (Fsp3) is 0.151. The summed E-state index contributed by atoms with van der Waals surface area (Å²) in [4.78, 5) is 0. The Morgan fingerprint density at radius 3 is 1.88 bits per heavy atom. The van der Waals surface area contributed by atoms with Gasteiger partial charge in [0.25, 0.3) is 5.82 Å². The van der Waals surface area contributed by atoms with Gasteiger partial charge in [0, 0.05) is 21.9 Å². The van der Waals surface area contributed by atoms with Gasteiger partial charge in [-0.15, -0.1) is 0 Å². The second-order valence-electron chi connectivity index (χ2n) is 16.1. The van der Waals surface area contributed by atoms with E-state index in [1.54, 1.807) is 0 Å². The molecule has 56 heavy (non-hydrogen) atoms. The molecule has 8 aromatic carbocycles. The summed E-state index contributed by atoms with van der Waals surface area (Å²) in [5.41, 5.74) is 15.3. The average molecular weight is 726 g/mol. The van der Waals surface area contributed by atoms with Gasteiger partial charge in [0.15, 0.2) is 16.6 Å². The van der Waals surface area contributed by atoms with Gasteiger partial charge in [-0.2, -0.15) is 4.57 Å². The molecule has 0 amide bonds. The van der Waals surface area contributed by atoms with Crippen LogP contribution in [0.15, 0.2) is 156 Å². The standard InChI is InChI=1S/C53H45N2O/c1-32(2)43-29-40(37-23-21-36(22-24-37)35-14-8-7-9-15-35)30-44(33(3)4)51(43)55-48-19-13-12-18-47(48)54(6)53(55)50-34(5)20-27-42-46-28-39-26-25-38-16-10-11-17-41(38)45(39)31-49(46)56-52(42)50/h7-33H,1-6H3/q+1. The molecule has 2 heterocycles. The number of para-hydroxylation sites is 2. The zero-order chi connectivity index (χ0) is 38.2. The lowest BCUT2D eigenvalue weighted by Crippen LogP contribution is -2.30. The first-order chi connectivity index (χ1) is 27.3. The first-order valence-corrected chi connectivity index (χ1v) is 19.9. The third kappa shape index (κ3) is 5.29. The first kappa shape index (κ1) is 34.1. The van der Waals surface area contributed by atoms with E-state index in [0.29, 0.717) is 0 Å². The van der Waals surface area contributed by atoms with Crippen LogP contribution < -0.4 is 4.57 Å². The number of rotatable bonds is 6. The lowest BCUT2D eigenvalue weighted by molar-refractivity contribution is -0.633. The van der Waals surface area contributed by atoms with Gasteiger partial charge in [-0.1, -0.05) is 143 Å². The van der Waals surface area contributed by atoms with Crippen molar-refractivity contribution in [1.82, 2.24) is 4.57 Å². The van der Waals surface area contributed by atoms with E-state index in [-0.39, 0.29) is 11.8 Å². The Morgan fingerprint density at radius 2 is 1.14 bits per heavy atom. The largest absolute Gasteiger partial charge is 0.455 e. The molecule has 0 fully saturated rings. The zero-order valence-corrected chi connectivity index (χ0v) is 32.9. The maximum absolute atomic E-state index is 7.06. The van der Waals surface area contributed by atoms with E-state index in [1.807, 2.05) is 0 Å². The summed E-state index contributed by atoms with van der Waals surface area (Å²) in [5.74, 6) is 1.67. The average Bonchev–Trinajstić information content (AvgIpc) is 3.73. The van der Waals surface area contributed by atoms with E-state index >= 15 is 0 Å². The van der Waals surface area contributed by atoms with Gasteiger partial charge in [-0.05, 0) is 105 Å². The smallest absolute Gasteiger partial charge is 0.299 e. The molecule has 0 aliphatic carbocycles. The van der Waals surface area contributed by atoms with Crippen LogP contribution in [0.2, 0.25) is 0 Å². The van der Waals surface area contributed by atoms with Crippen LogP contribution in [0.1, 0.15) is 56.2 Å². The molecule has 272 valence electrons. The number of benzene rings is 8. The second-order valence-corrected chi connectivity index (χ2v) is 16.1. The molecule has 10 aromatic rings. The summed E-state index contributed by atoms with van der Waals surface area (Å²) in [6.45, 7) is 11.5. The van der Waals surface area contributed by atoms with Crippen molar-refractivity contribution in [2.75, 3.05) is 0 Å². The highest BCUT2D eigenvalue weighted by Gasteiger charge is 2.34. The van der Waals surface area contributed by atoms with Gasteiger partial charge < -0.3 is 4.42 Å². The summed E-state index contributed by atoms with van der Waals surface area (Å²) in [6, 6.07) is 55.6. The van der Waals surface area contributed by atoms with Crippen molar-refractivity contribution in [2.24, 2.45) is 7.05 Å². The monoisotopic (exact) mass is 725 g/mol. The first-order valence-electron chi connectivity index (χ1n) is 19.9. The Hall–Kier alpha value is -6.45. The van der Waals surface area contributed by atoms with Crippen molar-refractivity contribution in [2.45, 2.75) is 46.5 Å². The minimum absolute atomic E-state index is 0.274. The number of fused-ring (bicyclic) bond motifs is 7. The molecule has 3 heteroatoms. The molecule has 0 atom stereocenters. The maximum Gasteiger partial charge on any atom is 0.299 e. The van der Waals surface area contributed by atoms with Gasteiger partial charge in [0.2, 0.25) is 0 Å². The van der Waals surface area contributed by atoms with Crippen LogP contribution in [0.3, 0.4) is 0 Å². The van der Waals surface area contributed by atoms with E-state index in [4.69, 9.17) is 4.42 Å². The molecule has 0 aliphatic heterocycles. The fourth-order valence-corrected chi connectivity index (χ4v) is 9.01. The van der Waals surface area contributed by atoms with Crippen molar-refractivity contribution >= 4 is 54.5 Å². The summed E-state index contributed by atoms with van der Waals surface area (Å²) >= 11 is 0. The number of nitrogens with zero attached hydrogens (tertiary/aromatic N) is 2. The highest BCUT2D eigenvalue weighted by atomic mass is 16.3. The molecule has 0 spiro atoms. The summed E-state index contributed by atoms with van der Waals surface area (Å²) < 4.78 is 12.0. The lowest BCUT2D eigenvalue weighted by atomic mass is 9.87. The van der Waals surface area contributed by atoms with Crippen LogP contribution in [0.4, 0.5) is 0 Å². The highest BCUT2D eigenvalue weighted by Crippen LogP contribution is 2.44. The van der Waals surface area contributed by atoms with Crippen LogP contribution >= 0.6 is 0 Å². The lowest BCUT2D eigenvalue weighted by Gasteiger charge is -2.21. The summed E-state index contributed by atoms with van der Waals surface area (Å²) in [6.07, 6.45) is 0. The van der Waals surface area contributed by atoms with Crippen molar-refractivity contribution in [3.8, 4) is 39.3 Å².